The minimum absolute atomic E-state index is 0.575. The molecule has 0 aliphatic heterocycles. The predicted molar refractivity (Wildman–Crippen MR) is 79.3 cm³/mol. The van der Waals surface area contributed by atoms with E-state index in [9.17, 15) is 0 Å². The van der Waals surface area contributed by atoms with Crippen LogP contribution in [0.2, 0.25) is 0 Å². The predicted octanol–water partition coefficient (Wildman–Crippen LogP) is 2.22. The van der Waals surface area contributed by atoms with Crippen molar-refractivity contribution in [1.29, 1.82) is 0 Å². The highest BCUT2D eigenvalue weighted by atomic mass is 32.1. The Morgan fingerprint density at radius 2 is 2.05 bits per heavy atom. The van der Waals surface area contributed by atoms with E-state index in [0.717, 1.165) is 5.56 Å². The van der Waals surface area contributed by atoms with Gasteiger partial charge in [-0.15, -0.1) is 21.5 Å². The average Bonchev–Trinajstić information content (AvgIpc) is 3.08. The molecule has 6 heteroatoms. The van der Waals surface area contributed by atoms with Gasteiger partial charge in [0.1, 0.15) is 0 Å². The lowest BCUT2D eigenvalue weighted by Crippen LogP contribution is -2.04. The number of nitrogens with zero attached hydrogens (tertiary/aromatic N) is 4. The van der Waals surface area contributed by atoms with Crippen molar-refractivity contribution >= 4 is 11.3 Å². The van der Waals surface area contributed by atoms with Crippen LogP contribution in [0.5, 0.6) is 0 Å². The second-order valence-corrected chi connectivity index (χ2v) is 5.85. The summed E-state index contributed by atoms with van der Waals surface area (Å²) in [7, 11) is 0. The molecule has 1 aromatic carbocycles. The van der Waals surface area contributed by atoms with E-state index in [1.807, 2.05) is 30.3 Å². The summed E-state index contributed by atoms with van der Waals surface area (Å²) in [6, 6.07) is 12.0. The molecule has 0 aliphatic carbocycles. The first kappa shape index (κ1) is 13.0. The minimum atomic E-state index is 0.575. The van der Waals surface area contributed by atoms with Crippen LogP contribution in [0.1, 0.15) is 15.3 Å². The quantitative estimate of drug-likeness (QED) is 0.798. The summed E-state index contributed by atoms with van der Waals surface area (Å²) in [6.07, 6.45) is 0. The smallest absolute Gasteiger partial charge is 0.204 e. The van der Waals surface area contributed by atoms with Crippen molar-refractivity contribution < 1.29 is 0 Å². The number of aryl methyl sites for hydroxylation is 1. The van der Waals surface area contributed by atoms with Gasteiger partial charge in [0.2, 0.25) is 5.82 Å². The summed E-state index contributed by atoms with van der Waals surface area (Å²) in [4.78, 5) is 4.06. The number of benzene rings is 1. The van der Waals surface area contributed by atoms with E-state index in [1.165, 1.54) is 15.3 Å². The molecule has 2 heterocycles. The van der Waals surface area contributed by atoms with E-state index in [-0.39, 0.29) is 0 Å². The lowest BCUT2D eigenvalue weighted by atomic mass is 10.2. The Bertz CT molecular complexity index is 701. The first-order chi connectivity index (χ1) is 9.76. The third-order valence-electron chi connectivity index (χ3n) is 3.07. The van der Waals surface area contributed by atoms with Gasteiger partial charge >= 0.3 is 0 Å². The lowest BCUT2D eigenvalue weighted by Gasteiger charge is -1.97. The number of aromatic nitrogens is 4. The zero-order chi connectivity index (χ0) is 13.9. The molecule has 3 aromatic rings. The second kappa shape index (κ2) is 5.52. The van der Waals surface area contributed by atoms with Gasteiger partial charge in [-0.3, -0.25) is 0 Å². The molecule has 0 saturated heterocycles. The Kier molecular flexibility index (Phi) is 3.58. The number of rotatable bonds is 4. The highest BCUT2D eigenvalue weighted by Gasteiger charge is 2.09. The van der Waals surface area contributed by atoms with Crippen molar-refractivity contribution in [3.8, 4) is 11.4 Å². The molecule has 0 unspecified atom stereocenters. The van der Waals surface area contributed by atoms with Crippen LogP contribution in [0.3, 0.4) is 0 Å². The molecule has 0 saturated carbocycles. The van der Waals surface area contributed by atoms with Crippen LogP contribution >= 0.6 is 11.3 Å². The first-order valence-electron chi connectivity index (χ1n) is 6.38. The SMILES string of the molecule is Cc1sc(CN)cc1Cn1nnc(-c2ccccc2)n1. The third-order valence-corrected chi connectivity index (χ3v) is 4.18. The van der Waals surface area contributed by atoms with Crippen LogP contribution in [0, 0.1) is 6.92 Å². The van der Waals surface area contributed by atoms with E-state index in [2.05, 4.69) is 28.4 Å². The van der Waals surface area contributed by atoms with Crippen molar-refractivity contribution in [2.75, 3.05) is 0 Å². The van der Waals surface area contributed by atoms with Crippen molar-refractivity contribution in [1.82, 2.24) is 20.2 Å². The Morgan fingerprint density at radius 1 is 1.25 bits per heavy atom. The summed E-state index contributed by atoms with van der Waals surface area (Å²) in [6.45, 7) is 3.29. The summed E-state index contributed by atoms with van der Waals surface area (Å²) in [5.74, 6) is 0.650. The third kappa shape index (κ3) is 2.61. The summed E-state index contributed by atoms with van der Waals surface area (Å²) >= 11 is 1.72. The molecule has 0 aliphatic rings. The summed E-state index contributed by atoms with van der Waals surface area (Å²) in [5, 5.41) is 12.6. The molecular weight excluding hydrogens is 270 g/mol. The fourth-order valence-corrected chi connectivity index (χ4v) is 2.94. The normalized spacial score (nSPS) is 10.9. The molecule has 0 atom stereocenters. The van der Waals surface area contributed by atoms with Gasteiger partial charge in [-0.1, -0.05) is 30.3 Å². The van der Waals surface area contributed by atoms with Crippen molar-refractivity contribution in [2.24, 2.45) is 5.73 Å². The first-order valence-corrected chi connectivity index (χ1v) is 7.19. The molecule has 0 fully saturated rings. The second-order valence-electron chi connectivity index (χ2n) is 4.51. The van der Waals surface area contributed by atoms with Gasteiger partial charge in [-0.25, -0.2) is 0 Å². The molecule has 0 spiro atoms. The Labute approximate surface area is 121 Å². The molecular formula is C14H15N5S. The molecule has 102 valence electrons. The average molecular weight is 285 g/mol. The Balaban J connectivity index is 1.82. The number of hydrogen-bond acceptors (Lipinski definition) is 5. The van der Waals surface area contributed by atoms with Gasteiger partial charge in [-0.2, -0.15) is 4.80 Å². The maximum absolute atomic E-state index is 5.67. The molecule has 2 N–H and O–H groups in total. The van der Waals surface area contributed by atoms with Crippen LogP contribution < -0.4 is 5.73 Å². The number of tetrazole rings is 1. The van der Waals surface area contributed by atoms with Gasteiger partial charge in [0.05, 0.1) is 6.54 Å². The molecule has 0 bridgehead atoms. The van der Waals surface area contributed by atoms with Crippen molar-refractivity contribution in [3.05, 3.63) is 51.7 Å². The van der Waals surface area contributed by atoms with Crippen LogP contribution in [0.25, 0.3) is 11.4 Å². The van der Waals surface area contributed by atoms with E-state index < -0.39 is 0 Å². The van der Waals surface area contributed by atoms with Crippen LogP contribution in [0.15, 0.2) is 36.4 Å². The highest BCUT2D eigenvalue weighted by Crippen LogP contribution is 2.22. The van der Waals surface area contributed by atoms with Gasteiger partial charge in [0, 0.05) is 21.9 Å². The van der Waals surface area contributed by atoms with E-state index in [0.29, 0.717) is 18.9 Å². The highest BCUT2D eigenvalue weighted by molar-refractivity contribution is 7.12. The maximum atomic E-state index is 5.67. The Hall–Kier alpha value is -2.05. The maximum Gasteiger partial charge on any atom is 0.204 e. The van der Waals surface area contributed by atoms with Crippen LogP contribution in [0.4, 0.5) is 0 Å². The van der Waals surface area contributed by atoms with E-state index in [4.69, 9.17) is 5.73 Å². The fraction of sp³-hybridized carbons (Fsp3) is 0.214. The minimum Gasteiger partial charge on any atom is -0.326 e. The fourth-order valence-electron chi connectivity index (χ4n) is 2.01. The number of nitrogens with two attached hydrogens (primary N) is 1. The van der Waals surface area contributed by atoms with E-state index >= 15 is 0 Å². The summed E-state index contributed by atoms with van der Waals surface area (Å²) in [5.41, 5.74) is 7.84. The number of thiophene rings is 1. The van der Waals surface area contributed by atoms with Crippen LogP contribution in [-0.4, -0.2) is 20.2 Å². The van der Waals surface area contributed by atoms with Gasteiger partial charge in [-0.05, 0) is 23.8 Å². The zero-order valence-corrected chi connectivity index (χ0v) is 12.0. The number of hydrogen-bond donors (Lipinski definition) is 1. The van der Waals surface area contributed by atoms with E-state index in [1.54, 1.807) is 16.1 Å². The zero-order valence-electron chi connectivity index (χ0n) is 11.2. The van der Waals surface area contributed by atoms with Gasteiger partial charge in [0.15, 0.2) is 0 Å². The summed E-state index contributed by atoms with van der Waals surface area (Å²) < 4.78 is 0. The molecule has 0 amide bonds. The standard InChI is InChI=1S/C14H15N5S/c1-10-12(7-13(8-15)20-10)9-19-17-14(16-18-19)11-5-3-2-4-6-11/h2-7H,8-9,15H2,1H3. The van der Waals surface area contributed by atoms with Crippen molar-refractivity contribution in [3.63, 3.8) is 0 Å². The molecule has 0 radical (unpaired) electrons. The van der Waals surface area contributed by atoms with Gasteiger partial charge < -0.3 is 5.73 Å². The molecule has 3 rings (SSSR count). The molecule has 20 heavy (non-hydrogen) atoms. The topological polar surface area (TPSA) is 69.6 Å². The molecule has 2 aromatic heterocycles. The van der Waals surface area contributed by atoms with Gasteiger partial charge in [0.25, 0.3) is 0 Å². The molecule has 5 nitrogen and oxygen atoms in total. The monoisotopic (exact) mass is 285 g/mol. The van der Waals surface area contributed by atoms with Crippen LogP contribution in [-0.2, 0) is 13.1 Å². The largest absolute Gasteiger partial charge is 0.326 e. The lowest BCUT2D eigenvalue weighted by molar-refractivity contribution is 0.572. The van der Waals surface area contributed by atoms with Crippen molar-refractivity contribution in [2.45, 2.75) is 20.0 Å². The Morgan fingerprint density at radius 3 is 2.75 bits per heavy atom.